The van der Waals surface area contributed by atoms with E-state index in [0.29, 0.717) is 11.9 Å². The molecule has 2 heterocycles. The molecular formula is C14H18N4S. The van der Waals surface area contributed by atoms with Crippen LogP contribution in [0.3, 0.4) is 0 Å². The van der Waals surface area contributed by atoms with Crippen molar-refractivity contribution >= 4 is 22.4 Å². The zero-order valence-corrected chi connectivity index (χ0v) is 11.8. The summed E-state index contributed by atoms with van der Waals surface area (Å²) in [7, 11) is 2.15. The lowest BCUT2D eigenvalue weighted by molar-refractivity contribution is 0.414. The number of rotatable bonds is 3. The first-order valence-electron chi connectivity index (χ1n) is 6.49. The SMILES string of the molecule is CN1CCC(Nc2snc(N)c2-c2ccccc2)C1. The molecule has 5 heteroatoms. The van der Waals surface area contributed by atoms with E-state index in [1.807, 2.05) is 18.2 Å². The molecule has 2 aromatic rings. The molecule has 3 N–H and O–H groups in total. The van der Waals surface area contributed by atoms with E-state index in [0.717, 1.165) is 29.2 Å². The van der Waals surface area contributed by atoms with Gasteiger partial charge in [0.2, 0.25) is 0 Å². The highest BCUT2D eigenvalue weighted by Crippen LogP contribution is 2.37. The number of hydrogen-bond donors (Lipinski definition) is 2. The van der Waals surface area contributed by atoms with Crippen molar-refractivity contribution in [2.75, 3.05) is 31.2 Å². The Morgan fingerprint density at radius 3 is 2.84 bits per heavy atom. The third-order valence-electron chi connectivity index (χ3n) is 3.51. The molecule has 1 fully saturated rings. The van der Waals surface area contributed by atoms with E-state index in [4.69, 9.17) is 5.73 Å². The Balaban J connectivity index is 1.87. The van der Waals surface area contributed by atoms with Crippen LogP contribution in [-0.4, -0.2) is 35.5 Å². The Bertz CT molecular complexity index is 552. The lowest BCUT2D eigenvalue weighted by atomic mass is 10.1. The van der Waals surface area contributed by atoms with Gasteiger partial charge in [-0.05, 0) is 37.1 Å². The third kappa shape index (κ3) is 2.57. The first-order chi connectivity index (χ1) is 9.24. The van der Waals surface area contributed by atoms with E-state index in [1.165, 1.54) is 18.0 Å². The van der Waals surface area contributed by atoms with E-state index in [2.05, 4.69) is 33.8 Å². The van der Waals surface area contributed by atoms with Crippen molar-refractivity contribution in [3.63, 3.8) is 0 Å². The topological polar surface area (TPSA) is 54.2 Å². The van der Waals surface area contributed by atoms with Crippen LogP contribution >= 0.6 is 11.5 Å². The van der Waals surface area contributed by atoms with Crippen LogP contribution in [0.25, 0.3) is 11.1 Å². The first kappa shape index (κ1) is 12.4. The number of aromatic nitrogens is 1. The Morgan fingerprint density at radius 1 is 1.37 bits per heavy atom. The summed E-state index contributed by atoms with van der Waals surface area (Å²) in [4.78, 5) is 2.34. The van der Waals surface area contributed by atoms with Crippen LogP contribution in [0, 0.1) is 0 Å². The number of nitrogen functional groups attached to an aromatic ring is 1. The van der Waals surface area contributed by atoms with E-state index < -0.39 is 0 Å². The van der Waals surface area contributed by atoms with Gasteiger partial charge < -0.3 is 16.0 Å². The number of anilines is 2. The van der Waals surface area contributed by atoms with Gasteiger partial charge in [-0.3, -0.25) is 0 Å². The maximum atomic E-state index is 6.02. The van der Waals surface area contributed by atoms with Crippen molar-refractivity contribution in [3.8, 4) is 11.1 Å². The molecule has 1 aromatic heterocycles. The smallest absolute Gasteiger partial charge is 0.147 e. The van der Waals surface area contributed by atoms with Crippen molar-refractivity contribution in [2.45, 2.75) is 12.5 Å². The van der Waals surface area contributed by atoms with Gasteiger partial charge in [0.05, 0.1) is 5.56 Å². The second kappa shape index (κ2) is 5.19. The molecule has 0 saturated carbocycles. The van der Waals surface area contributed by atoms with Crippen LogP contribution in [0.1, 0.15) is 6.42 Å². The van der Waals surface area contributed by atoms with Gasteiger partial charge >= 0.3 is 0 Å². The predicted octanol–water partition coefficient (Wildman–Crippen LogP) is 2.51. The molecule has 100 valence electrons. The normalized spacial score (nSPS) is 19.7. The maximum absolute atomic E-state index is 6.02. The van der Waals surface area contributed by atoms with Crippen molar-refractivity contribution in [2.24, 2.45) is 0 Å². The van der Waals surface area contributed by atoms with Crippen LogP contribution in [0.5, 0.6) is 0 Å². The van der Waals surface area contributed by atoms with E-state index >= 15 is 0 Å². The van der Waals surface area contributed by atoms with E-state index in [1.54, 1.807) is 0 Å². The summed E-state index contributed by atoms with van der Waals surface area (Å²) in [6.45, 7) is 2.22. The number of nitrogens with one attached hydrogen (secondary N) is 1. The van der Waals surface area contributed by atoms with Crippen molar-refractivity contribution in [1.82, 2.24) is 9.27 Å². The Morgan fingerprint density at radius 2 is 2.16 bits per heavy atom. The fraction of sp³-hybridized carbons (Fsp3) is 0.357. The van der Waals surface area contributed by atoms with Crippen molar-refractivity contribution in [3.05, 3.63) is 30.3 Å². The fourth-order valence-electron chi connectivity index (χ4n) is 2.52. The standard InChI is InChI=1S/C14H18N4S/c1-18-8-7-11(9-18)16-14-12(13(15)17-19-14)10-5-3-2-4-6-10/h2-6,11,16H,7-9H2,1H3,(H2,15,17). The minimum Gasteiger partial charge on any atom is -0.382 e. The van der Waals surface area contributed by atoms with Crippen LogP contribution in [-0.2, 0) is 0 Å². The Labute approximate surface area is 117 Å². The Hall–Kier alpha value is -1.59. The van der Waals surface area contributed by atoms with Gasteiger partial charge in [-0.1, -0.05) is 30.3 Å². The molecule has 1 aliphatic heterocycles. The number of likely N-dealkylation sites (tertiary alicyclic amines) is 1. The maximum Gasteiger partial charge on any atom is 0.147 e. The molecule has 1 atom stereocenters. The highest BCUT2D eigenvalue weighted by Gasteiger charge is 2.22. The molecule has 1 aliphatic rings. The number of nitrogens with two attached hydrogens (primary N) is 1. The largest absolute Gasteiger partial charge is 0.382 e. The molecule has 0 radical (unpaired) electrons. The summed E-state index contributed by atoms with van der Waals surface area (Å²) in [6.07, 6.45) is 1.17. The molecule has 3 rings (SSSR count). The van der Waals surface area contributed by atoms with Crippen molar-refractivity contribution in [1.29, 1.82) is 0 Å². The average Bonchev–Trinajstić information content (AvgIpc) is 2.98. The van der Waals surface area contributed by atoms with Gasteiger partial charge in [0, 0.05) is 12.6 Å². The quantitative estimate of drug-likeness (QED) is 0.903. The summed E-state index contributed by atoms with van der Waals surface area (Å²) >= 11 is 1.45. The van der Waals surface area contributed by atoms with Crippen LogP contribution in [0.15, 0.2) is 30.3 Å². The molecule has 1 saturated heterocycles. The minimum absolute atomic E-state index is 0.493. The van der Waals surface area contributed by atoms with Crippen LogP contribution in [0.4, 0.5) is 10.8 Å². The molecule has 0 aliphatic carbocycles. The molecule has 19 heavy (non-hydrogen) atoms. The Kier molecular flexibility index (Phi) is 3.40. The second-order valence-electron chi connectivity index (χ2n) is 5.03. The van der Waals surface area contributed by atoms with Crippen LogP contribution < -0.4 is 11.1 Å². The van der Waals surface area contributed by atoms with Gasteiger partial charge in [-0.25, -0.2) is 0 Å². The van der Waals surface area contributed by atoms with Crippen LogP contribution in [0.2, 0.25) is 0 Å². The highest BCUT2D eigenvalue weighted by molar-refractivity contribution is 7.11. The minimum atomic E-state index is 0.493. The van der Waals surface area contributed by atoms with Gasteiger partial charge in [0.15, 0.2) is 0 Å². The van der Waals surface area contributed by atoms with Gasteiger partial charge in [-0.15, -0.1) is 0 Å². The van der Waals surface area contributed by atoms with E-state index in [-0.39, 0.29) is 0 Å². The second-order valence-corrected chi connectivity index (χ2v) is 5.80. The third-order valence-corrected chi connectivity index (χ3v) is 4.30. The monoisotopic (exact) mass is 274 g/mol. The molecule has 0 bridgehead atoms. The number of nitrogens with zero attached hydrogens (tertiary/aromatic N) is 2. The molecule has 0 amide bonds. The van der Waals surface area contributed by atoms with Gasteiger partial charge in [0.1, 0.15) is 10.8 Å². The van der Waals surface area contributed by atoms with E-state index in [9.17, 15) is 0 Å². The fourth-order valence-corrected chi connectivity index (χ4v) is 3.34. The first-order valence-corrected chi connectivity index (χ1v) is 7.27. The lowest BCUT2D eigenvalue weighted by Crippen LogP contribution is -2.23. The zero-order chi connectivity index (χ0) is 13.2. The molecular weight excluding hydrogens is 256 g/mol. The summed E-state index contributed by atoms with van der Waals surface area (Å²) in [5, 5.41) is 4.68. The lowest BCUT2D eigenvalue weighted by Gasteiger charge is -2.14. The highest BCUT2D eigenvalue weighted by atomic mass is 32.1. The summed E-state index contributed by atoms with van der Waals surface area (Å²) in [5.41, 5.74) is 8.19. The molecule has 0 spiro atoms. The predicted molar refractivity (Wildman–Crippen MR) is 81.5 cm³/mol. The number of likely N-dealkylation sites (N-methyl/N-ethyl adjacent to an activating group) is 1. The average molecular weight is 274 g/mol. The van der Waals surface area contributed by atoms with Gasteiger partial charge in [-0.2, -0.15) is 4.37 Å². The van der Waals surface area contributed by atoms with Crippen molar-refractivity contribution < 1.29 is 0 Å². The molecule has 1 unspecified atom stereocenters. The zero-order valence-electron chi connectivity index (χ0n) is 11.0. The number of benzene rings is 1. The summed E-state index contributed by atoms with van der Waals surface area (Å²) in [5.74, 6) is 0.616. The summed E-state index contributed by atoms with van der Waals surface area (Å²) < 4.78 is 4.30. The molecule has 4 nitrogen and oxygen atoms in total. The van der Waals surface area contributed by atoms with Gasteiger partial charge in [0.25, 0.3) is 0 Å². The number of hydrogen-bond acceptors (Lipinski definition) is 5. The summed E-state index contributed by atoms with van der Waals surface area (Å²) in [6, 6.07) is 10.7. The molecule has 1 aromatic carbocycles.